The Morgan fingerprint density at radius 2 is 1.87 bits per heavy atom. The van der Waals surface area contributed by atoms with Crippen LogP contribution in [-0.4, -0.2) is 24.3 Å². The first-order chi connectivity index (χ1) is 11.1. The molecule has 0 amide bonds. The van der Waals surface area contributed by atoms with Gasteiger partial charge < -0.3 is 4.57 Å². The number of aryl methyl sites for hydroxylation is 3. The van der Waals surface area contributed by atoms with Crippen molar-refractivity contribution >= 4 is 11.0 Å². The number of fused-ring (bicyclic) bond motifs is 1. The van der Waals surface area contributed by atoms with E-state index < -0.39 is 0 Å². The molecule has 0 radical (unpaired) electrons. The standard InChI is InChI=1S/C18H17N5/c1-12-4-6-17-15(8-12)21-18(22(17)3)14-5-7-16(13(2)9-14)23-11-19-10-20-23/h4-11H,1-3H3. The minimum atomic E-state index is 0.971. The summed E-state index contributed by atoms with van der Waals surface area (Å²) >= 11 is 0. The van der Waals surface area contributed by atoms with E-state index in [1.807, 2.05) is 0 Å². The fourth-order valence-corrected chi connectivity index (χ4v) is 2.95. The van der Waals surface area contributed by atoms with Crippen LogP contribution in [0.15, 0.2) is 49.1 Å². The minimum absolute atomic E-state index is 0.971. The highest BCUT2D eigenvalue weighted by atomic mass is 15.3. The van der Waals surface area contributed by atoms with Crippen LogP contribution in [0.3, 0.4) is 0 Å². The first-order valence-electron chi connectivity index (χ1n) is 7.52. The van der Waals surface area contributed by atoms with Crippen LogP contribution in [-0.2, 0) is 7.05 Å². The molecule has 114 valence electrons. The second kappa shape index (κ2) is 5.05. The van der Waals surface area contributed by atoms with Crippen LogP contribution in [0.1, 0.15) is 11.1 Å². The van der Waals surface area contributed by atoms with Crippen LogP contribution in [0, 0.1) is 13.8 Å². The highest BCUT2D eigenvalue weighted by Gasteiger charge is 2.11. The summed E-state index contributed by atoms with van der Waals surface area (Å²) in [4.78, 5) is 8.81. The molecule has 4 aromatic rings. The summed E-state index contributed by atoms with van der Waals surface area (Å²) in [6, 6.07) is 12.6. The lowest BCUT2D eigenvalue weighted by Gasteiger charge is -2.08. The van der Waals surface area contributed by atoms with Gasteiger partial charge in [-0.2, -0.15) is 5.10 Å². The van der Waals surface area contributed by atoms with Gasteiger partial charge >= 0.3 is 0 Å². The molecule has 0 bridgehead atoms. The van der Waals surface area contributed by atoms with Crippen LogP contribution in [0.2, 0.25) is 0 Å². The van der Waals surface area contributed by atoms with Gasteiger partial charge in [0.05, 0.1) is 16.7 Å². The molecule has 0 saturated carbocycles. The summed E-state index contributed by atoms with van der Waals surface area (Å²) in [7, 11) is 2.06. The van der Waals surface area contributed by atoms with Crippen molar-refractivity contribution in [3.63, 3.8) is 0 Å². The number of imidazole rings is 1. The summed E-state index contributed by atoms with van der Waals surface area (Å²) in [5.74, 6) is 0.971. The monoisotopic (exact) mass is 303 g/mol. The van der Waals surface area contributed by atoms with Gasteiger partial charge in [0.15, 0.2) is 0 Å². The summed E-state index contributed by atoms with van der Waals surface area (Å²) in [5, 5.41) is 4.20. The molecule has 0 aliphatic rings. The quantitative estimate of drug-likeness (QED) is 0.570. The van der Waals surface area contributed by atoms with Crippen LogP contribution in [0.25, 0.3) is 28.1 Å². The van der Waals surface area contributed by atoms with Crippen molar-refractivity contribution in [3.05, 3.63) is 60.2 Å². The molecular weight excluding hydrogens is 286 g/mol. The Balaban J connectivity index is 1.85. The molecule has 23 heavy (non-hydrogen) atoms. The second-order valence-corrected chi connectivity index (χ2v) is 5.83. The maximum Gasteiger partial charge on any atom is 0.140 e. The Hall–Kier alpha value is -2.95. The first-order valence-corrected chi connectivity index (χ1v) is 7.52. The van der Waals surface area contributed by atoms with Gasteiger partial charge in [-0.05, 0) is 55.3 Å². The van der Waals surface area contributed by atoms with Crippen LogP contribution < -0.4 is 0 Å². The second-order valence-electron chi connectivity index (χ2n) is 5.83. The van der Waals surface area contributed by atoms with Gasteiger partial charge in [-0.15, -0.1) is 0 Å². The molecule has 5 heteroatoms. The number of aromatic nitrogens is 5. The van der Waals surface area contributed by atoms with Gasteiger partial charge in [-0.1, -0.05) is 6.07 Å². The number of rotatable bonds is 2. The average molecular weight is 303 g/mol. The fraction of sp³-hybridized carbons (Fsp3) is 0.167. The van der Waals surface area contributed by atoms with E-state index in [1.165, 1.54) is 5.56 Å². The van der Waals surface area contributed by atoms with Gasteiger partial charge in [0.1, 0.15) is 18.5 Å². The predicted octanol–water partition coefficient (Wildman–Crippen LogP) is 3.44. The summed E-state index contributed by atoms with van der Waals surface area (Å²) in [6.45, 7) is 4.16. The molecule has 0 saturated heterocycles. The van der Waals surface area contributed by atoms with E-state index >= 15 is 0 Å². The molecule has 5 nitrogen and oxygen atoms in total. The molecule has 0 unspecified atom stereocenters. The van der Waals surface area contributed by atoms with E-state index in [0.29, 0.717) is 0 Å². The third-order valence-electron chi connectivity index (χ3n) is 4.16. The molecule has 2 aromatic heterocycles. The Morgan fingerprint density at radius 3 is 2.61 bits per heavy atom. The Bertz CT molecular complexity index is 996. The molecule has 0 fully saturated rings. The van der Waals surface area contributed by atoms with Crippen molar-refractivity contribution in [2.75, 3.05) is 0 Å². The Labute approximate surface area is 134 Å². The number of nitrogens with zero attached hydrogens (tertiary/aromatic N) is 5. The van der Waals surface area contributed by atoms with Crippen molar-refractivity contribution in [1.29, 1.82) is 0 Å². The summed E-state index contributed by atoms with van der Waals surface area (Å²) < 4.78 is 3.91. The lowest BCUT2D eigenvalue weighted by atomic mass is 10.1. The maximum absolute atomic E-state index is 4.81. The van der Waals surface area contributed by atoms with E-state index in [9.17, 15) is 0 Å². The van der Waals surface area contributed by atoms with Gasteiger partial charge in [-0.25, -0.2) is 14.6 Å². The summed E-state index contributed by atoms with van der Waals surface area (Å²) in [5.41, 5.74) is 6.66. The third kappa shape index (κ3) is 2.21. The van der Waals surface area contributed by atoms with Crippen molar-refractivity contribution in [2.24, 2.45) is 7.05 Å². The summed E-state index contributed by atoms with van der Waals surface area (Å²) in [6.07, 6.45) is 3.25. The van der Waals surface area contributed by atoms with Crippen LogP contribution in [0.5, 0.6) is 0 Å². The average Bonchev–Trinajstić information content (AvgIpc) is 3.15. The Kier molecular flexibility index (Phi) is 3.01. The van der Waals surface area contributed by atoms with Crippen molar-refractivity contribution in [3.8, 4) is 17.1 Å². The van der Waals surface area contributed by atoms with Gasteiger partial charge in [0.2, 0.25) is 0 Å². The molecule has 0 spiro atoms. The molecule has 2 heterocycles. The van der Waals surface area contributed by atoms with Crippen LogP contribution >= 0.6 is 0 Å². The topological polar surface area (TPSA) is 48.5 Å². The fourth-order valence-electron chi connectivity index (χ4n) is 2.95. The number of hydrogen-bond acceptors (Lipinski definition) is 3. The predicted molar refractivity (Wildman–Crippen MR) is 90.5 cm³/mol. The van der Waals surface area contributed by atoms with E-state index in [4.69, 9.17) is 4.98 Å². The maximum atomic E-state index is 4.81. The zero-order valence-corrected chi connectivity index (χ0v) is 13.4. The molecular formula is C18H17N5. The highest BCUT2D eigenvalue weighted by Crippen LogP contribution is 2.26. The highest BCUT2D eigenvalue weighted by molar-refractivity contribution is 5.81. The molecule has 4 rings (SSSR count). The van der Waals surface area contributed by atoms with E-state index in [0.717, 1.165) is 33.7 Å². The lowest BCUT2D eigenvalue weighted by molar-refractivity contribution is 0.871. The molecule has 2 aromatic carbocycles. The van der Waals surface area contributed by atoms with Gasteiger partial charge in [0.25, 0.3) is 0 Å². The van der Waals surface area contributed by atoms with E-state index in [-0.39, 0.29) is 0 Å². The minimum Gasteiger partial charge on any atom is -0.327 e. The van der Waals surface area contributed by atoms with Crippen molar-refractivity contribution < 1.29 is 0 Å². The smallest absolute Gasteiger partial charge is 0.140 e. The van der Waals surface area contributed by atoms with E-state index in [1.54, 1.807) is 17.3 Å². The zero-order chi connectivity index (χ0) is 16.0. The number of benzene rings is 2. The third-order valence-corrected chi connectivity index (χ3v) is 4.16. The zero-order valence-electron chi connectivity index (χ0n) is 13.4. The van der Waals surface area contributed by atoms with Gasteiger partial charge in [-0.3, -0.25) is 0 Å². The largest absolute Gasteiger partial charge is 0.327 e. The SMILES string of the molecule is Cc1ccc2c(c1)nc(-c1ccc(-n3cncn3)c(C)c1)n2C. The first kappa shape index (κ1) is 13.7. The van der Waals surface area contributed by atoms with Crippen molar-refractivity contribution in [2.45, 2.75) is 13.8 Å². The molecule has 0 N–H and O–H groups in total. The Morgan fingerprint density at radius 1 is 1.00 bits per heavy atom. The number of hydrogen-bond donors (Lipinski definition) is 0. The van der Waals surface area contributed by atoms with E-state index in [2.05, 4.69) is 71.9 Å². The lowest BCUT2D eigenvalue weighted by Crippen LogP contribution is -1.99. The molecule has 0 aliphatic heterocycles. The molecule has 0 atom stereocenters. The van der Waals surface area contributed by atoms with Gasteiger partial charge in [0, 0.05) is 12.6 Å². The normalized spacial score (nSPS) is 11.3. The van der Waals surface area contributed by atoms with Crippen molar-refractivity contribution in [1.82, 2.24) is 24.3 Å². The molecule has 0 aliphatic carbocycles. The van der Waals surface area contributed by atoms with Crippen LogP contribution in [0.4, 0.5) is 0 Å².